The van der Waals surface area contributed by atoms with Gasteiger partial charge in [0.05, 0.1) is 12.7 Å². The summed E-state index contributed by atoms with van der Waals surface area (Å²) < 4.78 is 6.26. The van der Waals surface area contributed by atoms with Crippen LogP contribution in [0.3, 0.4) is 0 Å². The third-order valence-electron chi connectivity index (χ3n) is 4.16. The van der Waals surface area contributed by atoms with Crippen molar-refractivity contribution >= 4 is 21.7 Å². The second-order valence-electron chi connectivity index (χ2n) is 5.39. The highest BCUT2D eigenvalue weighted by Gasteiger charge is 2.25. The van der Waals surface area contributed by atoms with E-state index < -0.39 is 0 Å². The van der Waals surface area contributed by atoms with Crippen molar-refractivity contribution in [3.05, 3.63) is 63.6 Å². The van der Waals surface area contributed by atoms with E-state index in [0.717, 1.165) is 10.0 Å². The smallest absolute Gasteiger partial charge is 0.197 e. The SMILES string of the molecule is COc1cc(Br)ccc1C(=O)c1ccccc1C1CCC1. The molecule has 2 aromatic rings. The molecular formula is C18H17BrO2. The zero-order valence-electron chi connectivity index (χ0n) is 11.9. The third kappa shape index (κ3) is 2.75. The Morgan fingerprint density at radius 3 is 2.57 bits per heavy atom. The molecule has 0 heterocycles. The Bertz CT molecular complexity index is 675. The Morgan fingerprint density at radius 2 is 1.90 bits per heavy atom. The molecule has 0 aliphatic heterocycles. The van der Waals surface area contributed by atoms with Crippen molar-refractivity contribution in [1.29, 1.82) is 0 Å². The van der Waals surface area contributed by atoms with Crippen LogP contribution in [-0.4, -0.2) is 12.9 Å². The minimum absolute atomic E-state index is 0.0434. The van der Waals surface area contributed by atoms with Crippen LogP contribution in [0.2, 0.25) is 0 Å². The number of hydrogen-bond acceptors (Lipinski definition) is 2. The molecular weight excluding hydrogens is 328 g/mol. The largest absolute Gasteiger partial charge is 0.496 e. The first kappa shape index (κ1) is 14.3. The molecule has 3 heteroatoms. The molecule has 1 saturated carbocycles. The summed E-state index contributed by atoms with van der Waals surface area (Å²) in [6.07, 6.45) is 3.62. The molecule has 0 atom stereocenters. The Labute approximate surface area is 133 Å². The van der Waals surface area contributed by atoms with Gasteiger partial charge < -0.3 is 4.74 Å². The quantitative estimate of drug-likeness (QED) is 0.733. The summed E-state index contributed by atoms with van der Waals surface area (Å²) in [6, 6.07) is 13.5. The molecule has 0 radical (unpaired) electrons. The second-order valence-corrected chi connectivity index (χ2v) is 6.30. The molecule has 2 nitrogen and oxygen atoms in total. The summed E-state index contributed by atoms with van der Waals surface area (Å²) >= 11 is 3.41. The molecule has 108 valence electrons. The molecule has 0 unspecified atom stereocenters. The molecule has 2 aromatic carbocycles. The van der Waals surface area contributed by atoms with Gasteiger partial charge in [-0.05, 0) is 42.5 Å². The zero-order valence-corrected chi connectivity index (χ0v) is 13.5. The number of halogens is 1. The summed E-state index contributed by atoms with van der Waals surface area (Å²) in [4.78, 5) is 12.9. The van der Waals surface area contributed by atoms with E-state index in [1.807, 2.05) is 36.4 Å². The van der Waals surface area contributed by atoms with Gasteiger partial charge >= 0.3 is 0 Å². The van der Waals surface area contributed by atoms with Gasteiger partial charge in [-0.2, -0.15) is 0 Å². The predicted octanol–water partition coefficient (Wildman–Crippen LogP) is 4.96. The molecule has 0 N–H and O–H groups in total. The van der Waals surface area contributed by atoms with Crippen molar-refractivity contribution in [1.82, 2.24) is 0 Å². The summed E-state index contributed by atoms with van der Waals surface area (Å²) in [5.41, 5.74) is 2.61. The lowest BCUT2D eigenvalue weighted by atomic mass is 9.77. The van der Waals surface area contributed by atoms with Gasteiger partial charge in [-0.3, -0.25) is 4.79 Å². The van der Waals surface area contributed by atoms with Crippen molar-refractivity contribution in [3.8, 4) is 5.75 Å². The van der Waals surface area contributed by atoms with E-state index in [0.29, 0.717) is 17.2 Å². The van der Waals surface area contributed by atoms with E-state index in [4.69, 9.17) is 4.74 Å². The van der Waals surface area contributed by atoms with Gasteiger partial charge in [-0.25, -0.2) is 0 Å². The van der Waals surface area contributed by atoms with E-state index >= 15 is 0 Å². The molecule has 21 heavy (non-hydrogen) atoms. The van der Waals surface area contributed by atoms with Crippen LogP contribution < -0.4 is 4.74 Å². The number of methoxy groups -OCH3 is 1. The van der Waals surface area contributed by atoms with E-state index in [2.05, 4.69) is 22.0 Å². The molecule has 1 aliphatic carbocycles. The predicted molar refractivity (Wildman–Crippen MR) is 87.2 cm³/mol. The Hall–Kier alpha value is -1.61. The van der Waals surface area contributed by atoms with E-state index in [9.17, 15) is 4.79 Å². The summed E-state index contributed by atoms with van der Waals surface area (Å²) in [5.74, 6) is 1.19. The van der Waals surface area contributed by atoms with Gasteiger partial charge in [0.2, 0.25) is 0 Å². The van der Waals surface area contributed by atoms with Crippen LogP contribution in [0.15, 0.2) is 46.9 Å². The van der Waals surface area contributed by atoms with Gasteiger partial charge in [-0.1, -0.05) is 46.6 Å². The van der Waals surface area contributed by atoms with Gasteiger partial charge in [-0.15, -0.1) is 0 Å². The van der Waals surface area contributed by atoms with Crippen LogP contribution in [0.25, 0.3) is 0 Å². The van der Waals surface area contributed by atoms with E-state index in [1.54, 1.807) is 7.11 Å². The van der Waals surface area contributed by atoms with Crippen molar-refractivity contribution < 1.29 is 9.53 Å². The highest BCUT2D eigenvalue weighted by Crippen LogP contribution is 2.39. The zero-order chi connectivity index (χ0) is 14.8. The minimum atomic E-state index is 0.0434. The van der Waals surface area contributed by atoms with Crippen LogP contribution >= 0.6 is 15.9 Å². The number of benzene rings is 2. The number of rotatable bonds is 4. The highest BCUT2D eigenvalue weighted by molar-refractivity contribution is 9.10. The lowest BCUT2D eigenvalue weighted by Crippen LogP contribution is -2.14. The van der Waals surface area contributed by atoms with Crippen molar-refractivity contribution in [2.75, 3.05) is 7.11 Å². The maximum absolute atomic E-state index is 12.9. The average Bonchev–Trinajstić information content (AvgIpc) is 2.45. The molecule has 0 saturated heterocycles. The van der Waals surface area contributed by atoms with Crippen LogP contribution in [0.1, 0.15) is 46.7 Å². The average molecular weight is 345 g/mol. The Morgan fingerprint density at radius 1 is 1.14 bits per heavy atom. The molecule has 1 fully saturated rings. The first-order chi connectivity index (χ1) is 10.2. The number of carbonyl (C=O) groups is 1. The first-order valence-corrected chi connectivity index (χ1v) is 7.97. The number of carbonyl (C=O) groups excluding carboxylic acids is 1. The first-order valence-electron chi connectivity index (χ1n) is 7.18. The summed E-state index contributed by atoms with van der Waals surface area (Å²) in [5, 5.41) is 0. The van der Waals surface area contributed by atoms with Crippen LogP contribution in [0.4, 0.5) is 0 Å². The van der Waals surface area contributed by atoms with Gasteiger partial charge in [0.1, 0.15) is 5.75 Å². The van der Waals surface area contributed by atoms with Crippen LogP contribution in [-0.2, 0) is 0 Å². The summed E-state index contributed by atoms with van der Waals surface area (Å²) in [6.45, 7) is 0. The standard InChI is InChI=1S/C18H17BrO2/c1-21-17-11-13(19)9-10-16(17)18(20)15-8-3-2-7-14(15)12-5-4-6-12/h2-3,7-12H,4-6H2,1H3. The minimum Gasteiger partial charge on any atom is -0.496 e. The van der Waals surface area contributed by atoms with Gasteiger partial charge in [0, 0.05) is 10.0 Å². The fraction of sp³-hybridized carbons (Fsp3) is 0.278. The molecule has 0 amide bonds. The fourth-order valence-corrected chi connectivity index (χ4v) is 3.12. The van der Waals surface area contributed by atoms with Crippen molar-refractivity contribution in [3.63, 3.8) is 0 Å². The van der Waals surface area contributed by atoms with Gasteiger partial charge in [0.25, 0.3) is 0 Å². The lowest BCUT2D eigenvalue weighted by molar-refractivity contribution is 0.103. The third-order valence-corrected chi connectivity index (χ3v) is 4.65. The molecule has 1 aliphatic rings. The Balaban J connectivity index is 2.03. The van der Waals surface area contributed by atoms with E-state index in [-0.39, 0.29) is 5.78 Å². The molecule has 3 rings (SSSR count). The number of hydrogen-bond donors (Lipinski definition) is 0. The molecule has 0 spiro atoms. The monoisotopic (exact) mass is 344 g/mol. The molecule has 0 bridgehead atoms. The lowest BCUT2D eigenvalue weighted by Gasteiger charge is -2.27. The maximum atomic E-state index is 12.9. The second kappa shape index (κ2) is 6.02. The number of ether oxygens (including phenoxy) is 1. The molecule has 0 aromatic heterocycles. The van der Waals surface area contributed by atoms with Gasteiger partial charge in [0.15, 0.2) is 5.78 Å². The van der Waals surface area contributed by atoms with Crippen LogP contribution in [0.5, 0.6) is 5.75 Å². The van der Waals surface area contributed by atoms with E-state index in [1.165, 1.54) is 24.8 Å². The maximum Gasteiger partial charge on any atom is 0.197 e. The van der Waals surface area contributed by atoms with Crippen LogP contribution in [0, 0.1) is 0 Å². The number of ketones is 1. The fourth-order valence-electron chi connectivity index (χ4n) is 2.78. The topological polar surface area (TPSA) is 26.3 Å². The Kier molecular flexibility index (Phi) is 4.11. The van der Waals surface area contributed by atoms with Crippen molar-refractivity contribution in [2.24, 2.45) is 0 Å². The van der Waals surface area contributed by atoms with Crippen molar-refractivity contribution in [2.45, 2.75) is 25.2 Å². The summed E-state index contributed by atoms with van der Waals surface area (Å²) in [7, 11) is 1.59. The highest BCUT2D eigenvalue weighted by atomic mass is 79.9. The normalized spacial score (nSPS) is 14.6.